The predicted octanol–water partition coefficient (Wildman–Crippen LogP) is 4.71. The van der Waals surface area contributed by atoms with Gasteiger partial charge in [0, 0.05) is 24.3 Å². The molecule has 1 aliphatic heterocycles. The van der Waals surface area contributed by atoms with Crippen molar-refractivity contribution in [3.8, 4) is 11.5 Å². The third-order valence-electron chi connectivity index (χ3n) is 5.80. The highest BCUT2D eigenvalue weighted by Crippen LogP contribution is 2.39. The van der Waals surface area contributed by atoms with Gasteiger partial charge in [-0.3, -0.25) is 4.79 Å². The zero-order valence-electron chi connectivity index (χ0n) is 17.3. The second-order valence-electron chi connectivity index (χ2n) is 8.02. The smallest absolute Gasteiger partial charge is 0.303 e. The molecule has 0 amide bonds. The van der Waals surface area contributed by atoms with E-state index in [1.807, 2.05) is 18.2 Å². The van der Waals surface area contributed by atoms with Gasteiger partial charge < -0.3 is 19.9 Å². The Balaban J connectivity index is 1.41. The monoisotopic (exact) mass is 439 g/mol. The van der Waals surface area contributed by atoms with Crippen LogP contribution in [-0.2, 0) is 30.6 Å². The van der Waals surface area contributed by atoms with E-state index in [1.54, 1.807) is 11.3 Å². The van der Waals surface area contributed by atoms with Crippen molar-refractivity contribution < 1.29 is 19.4 Å². The Hall–Kier alpha value is -2.87. The SMILES string of the molecule is O=C(O)CCCCc1nc(NCc2ccc3c(c2)OCO3)c2c3c(sc2n1)CCCC3. The maximum Gasteiger partial charge on any atom is 0.303 e. The van der Waals surface area contributed by atoms with Crippen LogP contribution in [0.3, 0.4) is 0 Å². The van der Waals surface area contributed by atoms with E-state index in [-0.39, 0.29) is 13.2 Å². The molecule has 2 aliphatic rings. The van der Waals surface area contributed by atoms with Crippen LogP contribution in [0.4, 0.5) is 5.82 Å². The number of carboxylic acid groups (broad SMARTS) is 1. The number of aryl methyl sites for hydroxylation is 3. The number of benzene rings is 1. The number of nitrogens with one attached hydrogen (secondary N) is 1. The molecule has 0 saturated carbocycles. The Morgan fingerprint density at radius 1 is 1.13 bits per heavy atom. The second-order valence-corrected chi connectivity index (χ2v) is 9.11. The molecule has 1 aromatic carbocycles. The normalized spacial score (nSPS) is 14.6. The lowest BCUT2D eigenvalue weighted by Crippen LogP contribution is -2.07. The Kier molecular flexibility index (Phi) is 5.63. The number of hydrogen-bond acceptors (Lipinski definition) is 7. The van der Waals surface area contributed by atoms with E-state index in [1.165, 1.54) is 23.3 Å². The van der Waals surface area contributed by atoms with Crippen LogP contribution in [0, 0.1) is 0 Å². The van der Waals surface area contributed by atoms with Gasteiger partial charge in [-0.15, -0.1) is 11.3 Å². The molecule has 7 nitrogen and oxygen atoms in total. The summed E-state index contributed by atoms with van der Waals surface area (Å²) in [4.78, 5) is 23.0. The molecule has 0 atom stereocenters. The zero-order chi connectivity index (χ0) is 21.2. The first kappa shape index (κ1) is 20.1. The van der Waals surface area contributed by atoms with Gasteiger partial charge in [-0.2, -0.15) is 0 Å². The molecule has 31 heavy (non-hydrogen) atoms. The molecule has 8 heteroatoms. The lowest BCUT2D eigenvalue weighted by Gasteiger charge is -2.13. The summed E-state index contributed by atoms with van der Waals surface area (Å²) in [6.45, 7) is 0.900. The van der Waals surface area contributed by atoms with E-state index in [0.29, 0.717) is 19.4 Å². The third-order valence-corrected chi connectivity index (χ3v) is 6.98. The lowest BCUT2D eigenvalue weighted by molar-refractivity contribution is -0.137. The average molecular weight is 440 g/mol. The van der Waals surface area contributed by atoms with Gasteiger partial charge in [-0.05, 0) is 61.8 Å². The average Bonchev–Trinajstić information content (AvgIpc) is 3.38. The summed E-state index contributed by atoms with van der Waals surface area (Å²) in [6.07, 6.45) is 6.91. The fourth-order valence-corrected chi connectivity index (χ4v) is 5.52. The fourth-order valence-electron chi connectivity index (χ4n) is 4.24. The Morgan fingerprint density at radius 2 is 2.00 bits per heavy atom. The molecule has 0 spiro atoms. The van der Waals surface area contributed by atoms with Crippen molar-refractivity contribution in [1.29, 1.82) is 0 Å². The van der Waals surface area contributed by atoms with Gasteiger partial charge in [-0.1, -0.05) is 6.07 Å². The summed E-state index contributed by atoms with van der Waals surface area (Å²) in [5.74, 6) is 2.47. The Labute approximate surface area is 184 Å². The molecule has 0 bridgehead atoms. The van der Waals surface area contributed by atoms with Crippen molar-refractivity contribution in [3.63, 3.8) is 0 Å². The standard InChI is InChI=1S/C23H25N3O4S/c27-20(28)8-4-3-7-19-25-22(21-15-5-1-2-6-18(15)31-23(21)26-19)24-12-14-9-10-16-17(11-14)30-13-29-16/h9-11H,1-8,12-13H2,(H,27,28)(H,24,25,26). The number of carboxylic acids is 1. The number of rotatable bonds is 8. The second kappa shape index (κ2) is 8.70. The number of thiophene rings is 1. The van der Waals surface area contributed by atoms with Crippen LogP contribution in [-0.4, -0.2) is 27.8 Å². The number of fused-ring (bicyclic) bond motifs is 4. The first-order valence-corrected chi connectivity index (χ1v) is 11.6. The Bertz CT molecular complexity index is 1130. The fraction of sp³-hybridized carbons (Fsp3) is 0.435. The van der Waals surface area contributed by atoms with Gasteiger partial charge >= 0.3 is 5.97 Å². The highest BCUT2D eigenvalue weighted by atomic mass is 32.1. The van der Waals surface area contributed by atoms with Crippen LogP contribution in [0.15, 0.2) is 18.2 Å². The number of anilines is 1. The summed E-state index contributed by atoms with van der Waals surface area (Å²) < 4.78 is 10.9. The molecule has 0 fully saturated rings. The van der Waals surface area contributed by atoms with Crippen LogP contribution in [0.2, 0.25) is 0 Å². The molecule has 162 valence electrons. The molecule has 2 aromatic heterocycles. The van der Waals surface area contributed by atoms with E-state index in [2.05, 4.69) is 5.32 Å². The summed E-state index contributed by atoms with van der Waals surface area (Å²) in [6, 6.07) is 5.98. The van der Waals surface area contributed by atoms with Crippen molar-refractivity contribution in [3.05, 3.63) is 40.0 Å². The minimum atomic E-state index is -0.756. The quantitative estimate of drug-likeness (QED) is 0.491. The van der Waals surface area contributed by atoms with Crippen LogP contribution < -0.4 is 14.8 Å². The van der Waals surface area contributed by atoms with Gasteiger partial charge in [0.05, 0.1) is 5.39 Å². The number of unbranched alkanes of at least 4 members (excludes halogenated alkanes) is 1. The van der Waals surface area contributed by atoms with Crippen LogP contribution in [0.1, 0.15) is 53.9 Å². The highest BCUT2D eigenvalue weighted by Gasteiger charge is 2.21. The number of ether oxygens (including phenoxy) is 2. The van der Waals surface area contributed by atoms with Crippen molar-refractivity contribution >= 4 is 33.3 Å². The van der Waals surface area contributed by atoms with Crippen molar-refractivity contribution in [1.82, 2.24) is 9.97 Å². The molecular weight excluding hydrogens is 414 g/mol. The van der Waals surface area contributed by atoms with E-state index in [0.717, 1.165) is 58.2 Å². The van der Waals surface area contributed by atoms with Gasteiger partial charge in [0.25, 0.3) is 0 Å². The first-order chi connectivity index (χ1) is 15.2. The third kappa shape index (κ3) is 4.30. The van der Waals surface area contributed by atoms with Gasteiger partial charge in [-0.25, -0.2) is 9.97 Å². The molecule has 2 N–H and O–H groups in total. The maximum absolute atomic E-state index is 10.8. The molecule has 0 unspecified atom stereocenters. The lowest BCUT2D eigenvalue weighted by atomic mass is 9.97. The zero-order valence-corrected chi connectivity index (χ0v) is 18.1. The number of aliphatic carboxylic acids is 1. The van der Waals surface area contributed by atoms with E-state index >= 15 is 0 Å². The van der Waals surface area contributed by atoms with Gasteiger partial charge in [0.1, 0.15) is 16.5 Å². The largest absolute Gasteiger partial charge is 0.481 e. The molecule has 3 heterocycles. The van der Waals surface area contributed by atoms with Gasteiger partial charge in [0.2, 0.25) is 6.79 Å². The minimum absolute atomic E-state index is 0.185. The van der Waals surface area contributed by atoms with Crippen LogP contribution in [0.5, 0.6) is 11.5 Å². The molecule has 5 rings (SSSR count). The summed E-state index contributed by atoms with van der Waals surface area (Å²) in [5, 5.41) is 13.6. The molecule has 1 aliphatic carbocycles. The van der Waals surface area contributed by atoms with E-state index in [9.17, 15) is 4.79 Å². The summed E-state index contributed by atoms with van der Waals surface area (Å²) in [5.41, 5.74) is 2.50. The number of aromatic nitrogens is 2. The van der Waals surface area contributed by atoms with Crippen LogP contribution >= 0.6 is 11.3 Å². The molecule has 0 saturated heterocycles. The minimum Gasteiger partial charge on any atom is -0.481 e. The van der Waals surface area contributed by atoms with Crippen molar-refractivity contribution in [2.24, 2.45) is 0 Å². The predicted molar refractivity (Wildman–Crippen MR) is 119 cm³/mol. The van der Waals surface area contributed by atoms with Crippen molar-refractivity contribution in [2.45, 2.75) is 57.9 Å². The van der Waals surface area contributed by atoms with E-state index in [4.69, 9.17) is 24.5 Å². The maximum atomic E-state index is 10.8. The summed E-state index contributed by atoms with van der Waals surface area (Å²) in [7, 11) is 0. The number of nitrogens with zero attached hydrogens (tertiary/aromatic N) is 2. The number of carbonyl (C=O) groups is 1. The van der Waals surface area contributed by atoms with Crippen LogP contribution in [0.25, 0.3) is 10.2 Å². The Morgan fingerprint density at radius 3 is 2.90 bits per heavy atom. The van der Waals surface area contributed by atoms with Gasteiger partial charge in [0.15, 0.2) is 11.5 Å². The molecule has 0 radical (unpaired) electrons. The number of hydrogen-bond donors (Lipinski definition) is 2. The topological polar surface area (TPSA) is 93.6 Å². The highest BCUT2D eigenvalue weighted by molar-refractivity contribution is 7.19. The molecule has 3 aromatic rings. The summed E-state index contributed by atoms with van der Waals surface area (Å²) >= 11 is 1.79. The van der Waals surface area contributed by atoms with Crippen molar-refractivity contribution in [2.75, 3.05) is 12.1 Å². The first-order valence-electron chi connectivity index (χ1n) is 10.8. The van der Waals surface area contributed by atoms with E-state index < -0.39 is 5.97 Å². The molecular formula is C23H25N3O4S.